The summed E-state index contributed by atoms with van der Waals surface area (Å²) in [6, 6.07) is 14.2. The fourth-order valence-electron chi connectivity index (χ4n) is 5.56. The van der Waals surface area contributed by atoms with Crippen molar-refractivity contribution in [2.24, 2.45) is 0 Å². The highest BCUT2D eigenvalue weighted by Gasteiger charge is 2.36. The Hall–Kier alpha value is -3.59. The van der Waals surface area contributed by atoms with Crippen molar-refractivity contribution in [3.05, 3.63) is 98.9 Å². The molecule has 10 heteroatoms. The zero-order valence-corrected chi connectivity index (χ0v) is 24.1. The summed E-state index contributed by atoms with van der Waals surface area (Å²) in [5.74, 6) is 0.667. The van der Waals surface area contributed by atoms with Gasteiger partial charge in [0, 0.05) is 30.4 Å². The first-order chi connectivity index (χ1) is 19.7. The first-order valence-electron chi connectivity index (χ1n) is 13.7. The number of halogens is 2. The molecule has 2 aromatic carbocycles. The summed E-state index contributed by atoms with van der Waals surface area (Å²) in [7, 11) is 0. The van der Waals surface area contributed by atoms with Crippen molar-refractivity contribution in [1.82, 2.24) is 14.8 Å². The van der Waals surface area contributed by atoms with Crippen LogP contribution in [0.5, 0.6) is 5.75 Å². The summed E-state index contributed by atoms with van der Waals surface area (Å²) in [6.07, 6.45) is 6.53. The fourth-order valence-corrected chi connectivity index (χ4v) is 6.21. The number of aliphatic hydroxyl groups is 1. The molecule has 212 valence electrons. The molecule has 2 aliphatic rings. The maximum absolute atomic E-state index is 11.5. The molecule has 0 atom stereocenters. The van der Waals surface area contributed by atoms with E-state index in [4.69, 9.17) is 27.9 Å². The van der Waals surface area contributed by atoms with Crippen LogP contribution >= 0.6 is 23.2 Å². The second-order valence-electron chi connectivity index (χ2n) is 10.8. The molecule has 1 aliphatic carbocycles. The summed E-state index contributed by atoms with van der Waals surface area (Å²) in [6.45, 7) is 3.34. The van der Waals surface area contributed by atoms with E-state index in [9.17, 15) is 15.0 Å². The van der Waals surface area contributed by atoms with Gasteiger partial charge < -0.3 is 19.8 Å². The summed E-state index contributed by atoms with van der Waals surface area (Å²) >= 11 is 13.3. The number of aryl methyl sites for hydroxylation is 1. The number of anilines is 1. The molecule has 6 rings (SSSR count). The van der Waals surface area contributed by atoms with Crippen molar-refractivity contribution in [2.45, 2.75) is 50.7 Å². The molecule has 2 aromatic heterocycles. The van der Waals surface area contributed by atoms with Crippen LogP contribution in [-0.2, 0) is 12.2 Å². The van der Waals surface area contributed by atoms with Gasteiger partial charge in [0.2, 0.25) is 0 Å². The molecule has 41 heavy (non-hydrogen) atoms. The van der Waals surface area contributed by atoms with Crippen molar-refractivity contribution in [3.8, 4) is 11.4 Å². The number of aromatic nitrogens is 3. The Balaban J connectivity index is 1.17. The fraction of sp³-hybridized carbons (Fsp3) is 0.323. The minimum atomic E-state index is -1.12. The lowest BCUT2D eigenvalue weighted by Gasteiger charge is -2.39. The number of carboxylic acids is 1. The summed E-state index contributed by atoms with van der Waals surface area (Å²) in [5.41, 5.74) is 3.74. The Morgan fingerprint density at radius 2 is 1.88 bits per heavy atom. The molecule has 0 unspecified atom stereocenters. The number of hydrogen-bond donors (Lipinski definition) is 2. The van der Waals surface area contributed by atoms with E-state index < -0.39 is 11.6 Å². The highest BCUT2D eigenvalue weighted by atomic mass is 35.5. The first kappa shape index (κ1) is 27.6. The summed E-state index contributed by atoms with van der Waals surface area (Å²) in [4.78, 5) is 17.6. The zero-order chi connectivity index (χ0) is 28.7. The smallest absolute Gasteiger partial charge is 0.335 e. The minimum Gasteiger partial charge on any atom is -0.487 e. The molecule has 0 spiro atoms. The van der Waals surface area contributed by atoms with Crippen LogP contribution in [0.1, 0.15) is 64.3 Å². The van der Waals surface area contributed by atoms with Crippen LogP contribution in [0.2, 0.25) is 10.0 Å². The van der Waals surface area contributed by atoms with Gasteiger partial charge in [-0.3, -0.25) is 0 Å². The molecule has 3 heterocycles. The van der Waals surface area contributed by atoms with Crippen LogP contribution in [0.15, 0.2) is 60.9 Å². The van der Waals surface area contributed by atoms with E-state index in [0.717, 1.165) is 29.8 Å². The number of piperidine rings is 1. The third-order valence-corrected chi connectivity index (χ3v) is 8.66. The van der Waals surface area contributed by atoms with Gasteiger partial charge in [0.05, 0.1) is 38.8 Å². The number of nitrogens with zero attached hydrogens (tertiary/aromatic N) is 4. The van der Waals surface area contributed by atoms with E-state index in [2.05, 4.69) is 10.1 Å². The van der Waals surface area contributed by atoms with Crippen LogP contribution < -0.4 is 9.64 Å². The molecule has 1 saturated carbocycles. The molecule has 0 radical (unpaired) electrons. The molecule has 2 fully saturated rings. The van der Waals surface area contributed by atoms with E-state index in [1.807, 2.05) is 53.0 Å². The number of carbonyl (C=O) groups is 1. The van der Waals surface area contributed by atoms with Gasteiger partial charge in [-0.05, 0) is 74.4 Å². The maximum Gasteiger partial charge on any atom is 0.335 e. The predicted octanol–water partition coefficient (Wildman–Crippen LogP) is 6.53. The van der Waals surface area contributed by atoms with Crippen LogP contribution in [0.3, 0.4) is 0 Å². The summed E-state index contributed by atoms with van der Waals surface area (Å²) < 4.78 is 8.13. The van der Waals surface area contributed by atoms with Crippen LogP contribution in [-0.4, -0.2) is 44.0 Å². The molecular formula is C31H30Cl2N4O4. The molecular weight excluding hydrogens is 563 g/mol. The Bertz CT molecular complexity index is 1590. The highest BCUT2D eigenvalue weighted by molar-refractivity contribution is 6.32. The number of carboxylic acid groups (broad SMARTS) is 1. The quantitative estimate of drug-likeness (QED) is 0.240. The minimum absolute atomic E-state index is 0.184. The standard InChI is InChI=1S/C31H30Cl2N4O4/c1-19-3-2-4-25(32)29(19)37-27(23(17-35-37)20-5-6-20)18-41-22-7-8-24(26(33)16-22)31(40)10-13-36(14-11-31)28-15-21(30(38)39)9-12-34-28/h2-4,7-9,12,15-17,20,40H,5-6,10-11,13-14,18H2,1H3,(H,38,39). The molecule has 1 saturated heterocycles. The predicted molar refractivity (Wildman–Crippen MR) is 158 cm³/mol. The van der Waals surface area contributed by atoms with Crippen LogP contribution in [0.25, 0.3) is 5.69 Å². The van der Waals surface area contributed by atoms with Crippen LogP contribution in [0.4, 0.5) is 5.82 Å². The van der Waals surface area contributed by atoms with E-state index in [1.165, 1.54) is 17.8 Å². The number of aromatic carboxylic acids is 1. The average Bonchev–Trinajstić information content (AvgIpc) is 3.72. The molecule has 0 bridgehead atoms. The third-order valence-electron chi connectivity index (χ3n) is 8.04. The lowest BCUT2D eigenvalue weighted by atomic mass is 9.84. The molecule has 1 aliphatic heterocycles. The lowest BCUT2D eigenvalue weighted by Crippen LogP contribution is -2.43. The van der Waals surface area contributed by atoms with Gasteiger partial charge in [0.1, 0.15) is 18.2 Å². The van der Waals surface area contributed by atoms with Crippen molar-refractivity contribution in [3.63, 3.8) is 0 Å². The Labute approximate surface area is 248 Å². The zero-order valence-electron chi connectivity index (χ0n) is 22.6. The number of benzene rings is 2. The average molecular weight is 594 g/mol. The van der Waals surface area contributed by atoms with Gasteiger partial charge in [-0.25, -0.2) is 14.5 Å². The SMILES string of the molecule is Cc1cccc(Cl)c1-n1ncc(C2CC2)c1COc1ccc(C2(O)CCN(c3cc(C(=O)O)ccn3)CC2)c(Cl)c1. The Kier molecular flexibility index (Phi) is 7.40. The molecule has 2 N–H and O–H groups in total. The van der Waals surface area contributed by atoms with Gasteiger partial charge in [-0.15, -0.1) is 0 Å². The van der Waals surface area contributed by atoms with E-state index in [-0.39, 0.29) is 5.56 Å². The highest BCUT2D eigenvalue weighted by Crippen LogP contribution is 2.43. The molecule has 8 nitrogen and oxygen atoms in total. The second kappa shape index (κ2) is 11.0. The van der Waals surface area contributed by atoms with Gasteiger partial charge in [0.15, 0.2) is 0 Å². The largest absolute Gasteiger partial charge is 0.487 e. The van der Waals surface area contributed by atoms with E-state index in [0.29, 0.717) is 65.6 Å². The van der Waals surface area contributed by atoms with Gasteiger partial charge >= 0.3 is 5.97 Å². The number of ether oxygens (including phenoxy) is 1. The molecule has 0 amide bonds. The van der Waals surface area contributed by atoms with E-state index >= 15 is 0 Å². The lowest BCUT2D eigenvalue weighted by molar-refractivity contribution is 0.0117. The Morgan fingerprint density at radius 3 is 2.56 bits per heavy atom. The summed E-state index contributed by atoms with van der Waals surface area (Å²) in [5, 5.41) is 26.6. The van der Waals surface area contributed by atoms with Crippen molar-refractivity contribution >= 4 is 35.0 Å². The topological polar surface area (TPSA) is 101 Å². The monoisotopic (exact) mass is 592 g/mol. The Morgan fingerprint density at radius 1 is 1.10 bits per heavy atom. The van der Waals surface area contributed by atoms with Crippen molar-refractivity contribution in [2.75, 3.05) is 18.0 Å². The van der Waals surface area contributed by atoms with Gasteiger partial charge in [-0.2, -0.15) is 5.10 Å². The number of pyridine rings is 1. The number of hydrogen-bond acceptors (Lipinski definition) is 6. The van der Waals surface area contributed by atoms with Gasteiger partial charge in [0.25, 0.3) is 0 Å². The maximum atomic E-state index is 11.5. The van der Waals surface area contributed by atoms with Crippen LogP contribution in [0, 0.1) is 6.92 Å². The number of para-hydroxylation sites is 1. The van der Waals surface area contributed by atoms with Crippen molar-refractivity contribution < 1.29 is 19.7 Å². The van der Waals surface area contributed by atoms with Crippen molar-refractivity contribution in [1.29, 1.82) is 0 Å². The van der Waals surface area contributed by atoms with Gasteiger partial charge in [-0.1, -0.05) is 41.4 Å². The second-order valence-corrected chi connectivity index (χ2v) is 11.6. The van der Waals surface area contributed by atoms with E-state index in [1.54, 1.807) is 12.1 Å². The third kappa shape index (κ3) is 5.52. The normalized spacial score (nSPS) is 16.5. The molecule has 4 aromatic rings. The first-order valence-corrected chi connectivity index (χ1v) is 14.4. The number of rotatable bonds is 8.